The molecular formula is C36H24BBrN2O. The number of ether oxygens (including phenoxy) is 1. The topological polar surface area (TPSA) is 15.7 Å². The summed E-state index contributed by atoms with van der Waals surface area (Å²) in [4.78, 5) is 4.69. The Kier molecular flexibility index (Phi) is 5.71. The molecule has 0 radical (unpaired) electrons. The van der Waals surface area contributed by atoms with Crippen molar-refractivity contribution in [2.24, 2.45) is 0 Å². The molecule has 5 heteroatoms. The van der Waals surface area contributed by atoms with Crippen LogP contribution in [0.5, 0.6) is 11.5 Å². The van der Waals surface area contributed by atoms with E-state index >= 15 is 0 Å². The molecule has 0 bridgehead atoms. The van der Waals surface area contributed by atoms with Gasteiger partial charge in [-0.3, -0.25) is 0 Å². The third-order valence-corrected chi connectivity index (χ3v) is 8.42. The van der Waals surface area contributed by atoms with Crippen molar-refractivity contribution < 1.29 is 4.74 Å². The Balaban J connectivity index is 1.44. The number of rotatable bonds is 4. The second-order valence-corrected chi connectivity index (χ2v) is 11.2. The van der Waals surface area contributed by atoms with Crippen molar-refractivity contribution >= 4 is 73.2 Å². The van der Waals surface area contributed by atoms with Gasteiger partial charge in [-0.25, -0.2) is 0 Å². The zero-order valence-corrected chi connectivity index (χ0v) is 23.7. The Morgan fingerprint density at radius 1 is 0.537 bits per heavy atom. The summed E-state index contributed by atoms with van der Waals surface area (Å²) in [5, 5.41) is 0. The zero-order chi connectivity index (χ0) is 27.3. The van der Waals surface area contributed by atoms with Crippen LogP contribution in [0.15, 0.2) is 150 Å². The van der Waals surface area contributed by atoms with Gasteiger partial charge in [0.1, 0.15) is 11.5 Å². The van der Waals surface area contributed by atoms with Gasteiger partial charge in [-0.2, -0.15) is 0 Å². The van der Waals surface area contributed by atoms with Crippen molar-refractivity contribution in [1.29, 1.82) is 0 Å². The van der Waals surface area contributed by atoms with Crippen molar-refractivity contribution in [2.75, 3.05) is 9.80 Å². The molecule has 41 heavy (non-hydrogen) atoms. The largest absolute Gasteiger partial charge is 0.458 e. The first kappa shape index (κ1) is 24.1. The molecule has 0 aliphatic carbocycles. The predicted molar refractivity (Wildman–Crippen MR) is 175 cm³/mol. The predicted octanol–water partition coefficient (Wildman–Crippen LogP) is 8.32. The molecule has 2 aliphatic rings. The maximum atomic E-state index is 6.77. The number of benzene rings is 6. The van der Waals surface area contributed by atoms with E-state index in [1.54, 1.807) is 0 Å². The maximum Gasteiger partial charge on any atom is 0.256 e. The fraction of sp³-hybridized carbons (Fsp3) is 0. The number of hydrogen-bond acceptors (Lipinski definition) is 3. The minimum Gasteiger partial charge on any atom is -0.458 e. The lowest BCUT2D eigenvalue weighted by Gasteiger charge is -2.41. The van der Waals surface area contributed by atoms with E-state index < -0.39 is 0 Å². The number of fused-ring (bicyclic) bond motifs is 4. The lowest BCUT2D eigenvalue weighted by Crippen LogP contribution is -2.59. The highest BCUT2D eigenvalue weighted by atomic mass is 79.9. The van der Waals surface area contributed by atoms with Crippen molar-refractivity contribution in [3.05, 3.63) is 150 Å². The summed E-state index contributed by atoms with van der Waals surface area (Å²) in [5.41, 5.74) is 10.2. The van der Waals surface area contributed by atoms with Gasteiger partial charge < -0.3 is 14.5 Å². The zero-order valence-electron chi connectivity index (χ0n) is 22.1. The minimum absolute atomic E-state index is 0.0494. The fourth-order valence-corrected chi connectivity index (χ4v) is 6.62. The smallest absolute Gasteiger partial charge is 0.256 e. The van der Waals surface area contributed by atoms with Crippen LogP contribution in [-0.4, -0.2) is 6.71 Å². The average molecular weight is 591 g/mol. The molecule has 2 aliphatic heterocycles. The molecule has 0 unspecified atom stereocenters. The van der Waals surface area contributed by atoms with E-state index in [0.29, 0.717) is 0 Å². The Morgan fingerprint density at radius 2 is 1.17 bits per heavy atom. The Hall–Kier alpha value is -4.74. The van der Waals surface area contributed by atoms with Gasteiger partial charge in [-0.15, -0.1) is 0 Å². The second kappa shape index (κ2) is 9.72. The highest BCUT2D eigenvalue weighted by Gasteiger charge is 2.42. The molecule has 3 nitrogen and oxygen atoms in total. The summed E-state index contributed by atoms with van der Waals surface area (Å²) in [7, 11) is 0. The van der Waals surface area contributed by atoms with E-state index in [1.165, 1.54) is 22.1 Å². The number of halogens is 1. The van der Waals surface area contributed by atoms with E-state index in [9.17, 15) is 0 Å². The molecule has 8 rings (SSSR count). The standard InChI is InChI=1S/C36H24BBrN2O/c38-25-20-21-34-31(22-25)37-30-18-10-11-19-32(30)40(28-16-8-3-9-17-28)33-23-29(24-35(41-34)36(33)37)39(26-12-4-1-5-13-26)27-14-6-2-7-15-27/h1-24H. The molecule has 2 heterocycles. The molecule has 0 saturated heterocycles. The minimum atomic E-state index is 0.0494. The third-order valence-electron chi connectivity index (χ3n) is 7.93. The maximum absolute atomic E-state index is 6.77. The number of para-hydroxylation sites is 4. The summed E-state index contributed by atoms with van der Waals surface area (Å²) in [6, 6.07) is 51.3. The summed E-state index contributed by atoms with van der Waals surface area (Å²) >= 11 is 3.72. The summed E-state index contributed by atoms with van der Waals surface area (Å²) in [6.07, 6.45) is 0. The van der Waals surface area contributed by atoms with Gasteiger partial charge in [0.25, 0.3) is 6.71 Å². The van der Waals surface area contributed by atoms with Crippen LogP contribution in [0, 0.1) is 0 Å². The quantitative estimate of drug-likeness (QED) is 0.192. The summed E-state index contributed by atoms with van der Waals surface area (Å²) < 4.78 is 7.81. The molecule has 194 valence electrons. The number of hydrogen-bond donors (Lipinski definition) is 0. The van der Waals surface area contributed by atoms with E-state index in [1.807, 2.05) is 0 Å². The van der Waals surface area contributed by atoms with Crippen LogP contribution in [0.2, 0.25) is 0 Å². The molecule has 6 aromatic carbocycles. The highest BCUT2D eigenvalue weighted by molar-refractivity contribution is 9.10. The van der Waals surface area contributed by atoms with E-state index in [4.69, 9.17) is 4.74 Å². The van der Waals surface area contributed by atoms with E-state index in [0.717, 1.165) is 44.4 Å². The van der Waals surface area contributed by atoms with Gasteiger partial charge in [-0.1, -0.05) is 88.7 Å². The van der Waals surface area contributed by atoms with Gasteiger partial charge in [0.2, 0.25) is 0 Å². The van der Waals surface area contributed by atoms with E-state index in [-0.39, 0.29) is 6.71 Å². The van der Waals surface area contributed by atoms with Crippen molar-refractivity contribution in [2.45, 2.75) is 0 Å². The fourth-order valence-electron chi connectivity index (χ4n) is 6.24. The molecule has 0 aromatic heterocycles. The summed E-state index contributed by atoms with van der Waals surface area (Å²) in [6.45, 7) is 0.0494. The number of anilines is 6. The molecule has 0 atom stereocenters. The van der Waals surface area contributed by atoms with Gasteiger partial charge in [0.05, 0.1) is 5.69 Å². The Bertz CT molecular complexity index is 1860. The molecule has 6 aromatic rings. The first-order valence-corrected chi connectivity index (χ1v) is 14.6. The van der Waals surface area contributed by atoms with Crippen molar-refractivity contribution in [3.8, 4) is 11.5 Å². The third kappa shape index (κ3) is 3.96. The van der Waals surface area contributed by atoms with Gasteiger partial charge in [0, 0.05) is 39.0 Å². The Morgan fingerprint density at radius 3 is 1.88 bits per heavy atom. The van der Waals surface area contributed by atoms with Crippen molar-refractivity contribution in [1.82, 2.24) is 0 Å². The van der Waals surface area contributed by atoms with Crippen LogP contribution in [-0.2, 0) is 0 Å². The highest BCUT2D eigenvalue weighted by Crippen LogP contribution is 2.45. The van der Waals surface area contributed by atoms with Crippen LogP contribution < -0.4 is 30.9 Å². The molecule has 0 saturated carbocycles. The first-order valence-electron chi connectivity index (χ1n) is 13.8. The van der Waals surface area contributed by atoms with Crippen LogP contribution in [0.25, 0.3) is 0 Å². The lowest BCUT2D eigenvalue weighted by molar-refractivity contribution is 0.487. The monoisotopic (exact) mass is 590 g/mol. The normalized spacial score (nSPS) is 12.6. The van der Waals surface area contributed by atoms with Gasteiger partial charge >= 0.3 is 0 Å². The molecule has 0 N–H and O–H groups in total. The SMILES string of the molecule is Brc1ccc2c(c1)B1c3ccccc3N(c3ccccc3)c3cc(N(c4ccccc4)c4ccccc4)cc(c31)O2. The van der Waals surface area contributed by atoms with Crippen LogP contribution in [0.3, 0.4) is 0 Å². The summed E-state index contributed by atoms with van der Waals surface area (Å²) in [5.74, 6) is 1.77. The molecule has 0 amide bonds. The Labute approximate surface area is 248 Å². The molecule has 0 spiro atoms. The first-order chi connectivity index (χ1) is 20.3. The van der Waals surface area contributed by atoms with Crippen LogP contribution in [0.4, 0.5) is 34.1 Å². The van der Waals surface area contributed by atoms with E-state index in [2.05, 4.69) is 171 Å². The lowest BCUT2D eigenvalue weighted by atomic mass is 9.34. The van der Waals surface area contributed by atoms with Gasteiger partial charge in [0.15, 0.2) is 0 Å². The van der Waals surface area contributed by atoms with Crippen LogP contribution >= 0.6 is 15.9 Å². The molecule has 0 fully saturated rings. The average Bonchev–Trinajstić information content (AvgIpc) is 3.02. The van der Waals surface area contributed by atoms with Crippen LogP contribution in [0.1, 0.15) is 0 Å². The van der Waals surface area contributed by atoms with Crippen molar-refractivity contribution in [3.63, 3.8) is 0 Å². The van der Waals surface area contributed by atoms with Gasteiger partial charge in [-0.05, 0) is 83.1 Å². The molecular weight excluding hydrogens is 567 g/mol. The second-order valence-electron chi connectivity index (χ2n) is 10.3. The number of nitrogens with zero attached hydrogens (tertiary/aromatic N) is 2.